The highest BCUT2D eigenvalue weighted by molar-refractivity contribution is 9.10. The largest absolute Gasteiger partial charge is 0.407 e. The summed E-state index contributed by atoms with van der Waals surface area (Å²) in [5.41, 5.74) is 10.9. The molecule has 0 aromatic heterocycles. The Labute approximate surface area is 167 Å². The lowest BCUT2D eigenvalue weighted by atomic mass is 10.1. The van der Waals surface area contributed by atoms with Crippen LogP contribution in [0.25, 0.3) is 11.1 Å². The number of esters is 1. The van der Waals surface area contributed by atoms with E-state index < -0.39 is 5.97 Å². The van der Waals surface area contributed by atoms with E-state index in [4.69, 9.17) is 16.3 Å². The number of halogens is 1. The molecule has 5 nitrogen and oxygen atoms in total. The zero-order valence-electron chi connectivity index (χ0n) is 15.1. The van der Waals surface area contributed by atoms with Gasteiger partial charge in [0.25, 0.3) is 0 Å². The third-order valence-corrected chi connectivity index (χ3v) is 4.68. The van der Waals surface area contributed by atoms with E-state index in [1.807, 2.05) is 38.1 Å². The van der Waals surface area contributed by atoms with E-state index in [2.05, 4.69) is 45.6 Å². The summed E-state index contributed by atoms with van der Waals surface area (Å²) in [7, 11) is 0. The minimum atomic E-state index is -0.477. The fraction of sp³-hybridized carbons (Fsp3) is 0.211. The molecule has 2 aromatic carbocycles. The van der Waals surface area contributed by atoms with Crippen molar-refractivity contribution in [3.63, 3.8) is 0 Å². The van der Waals surface area contributed by atoms with E-state index in [9.17, 15) is 4.79 Å². The van der Waals surface area contributed by atoms with Crippen LogP contribution in [0, 0.1) is 0 Å². The maximum absolute atomic E-state index is 11.0. The van der Waals surface area contributed by atoms with Crippen molar-refractivity contribution in [2.24, 2.45) is 11.6 Å². The summed E-state index contributed by atoms with van der Waals surface area (Å²) in [6.07, 6.45) is 0. The molecule has 2 rings (SSSR count). The van der Waals surface area contributed by atoms with Gasteiger partial charge in [-0.3, -0.25) is 10.2 Å². The van der Waals surface area contributed by atoms with Crippen molar-refractivity contribution in [2.45, 2.75) is 25.7 Å². The lowest BCUT2D eigenvalue weighted by molar-refractivity contribution is -0.137. The van der Waals surface area contributed by atoms with Crippen LogP contribution in [0.5, 0.6) is 0 Å². The zero-order chi connectivity index (χ0) is 19.5. The Morgan fingerprint density at radius 3 is 2.04 bits per heavy atom. The van der Waals surface area contributed by atoms with Crippen molar-refractivity contribution >= 4 is 33.7 Å². The average Bonchev–Trinajstić information content (AvgIpc) is 2.66. The van der Waals surface area contributed by atoms with Gasteiger partial charge < -0.3 is 10.5 Å². The summed E-state index contributed by atoms with van der Waals surface area (Å²) in [5.74, 6) is 5.36. The fourth-order valence-corrected chi connectivity index (χ4v) is 2.99. The van der Waals surface area contributed by atoms with Gasteiger partial charge in [0.2, 0.25) is 5.88 Å². The maximum Gasteiger partial charge on any atom is 0.309 e. The molecule has 0 radical (unpaired) electrons. The first-order valence-electron chi connectivity index (χ1n) is 8.12. The van der Waals surface area contributed by atoms with Crippen LogP contribution in [0.1, 0.15) is 20.8 Å². The molecular formula is C19H24BrN3O2S. The Morgan fingerprint density at radius 2 is 1.58 bits per heavy atom. The third-order valence-electron chi connectivity index (χ3n) is 3.09. The van der Waals surface area contributed by atoms with Gasteiger partial charge in [0.1, 0.15) is 0 Å². The molecule has 0 aliphatic rings. The summed E-state index contributed by atoms with van der Waals surface area (Å²) in [5, 5.41) is 0. The molecule has 140 valence electrons. The molecule has 0 amide bonds. The second-order valence-electron chi connectivity index (χ2n) is 4.91. The molecule has 0 bridgehead atoms. The Bertz CT molecular complexity index is 731. The molecule has 0 aliphatic carbocycles. The molecule has 0 spiro atoms. The number of nitrogens with two attached hydrogens (primary N) is 2. The van der Waals surface area contributed by atoms with Crippen LogP contribution >= 0.6 is 27.7 Å². The first-order valence-corrected chi connectivity index (χ1v) is 9.90. The number of carbonyl (C=O) groups excluding carboxylic acids is 1. The van der Waals surface area contributed by atoms with Gasteiger partial charge in [0, 0.05) is 22.0 Å². The van der Waals surface area contributed by atoms with E-state index in [0.29, 0.717) is 11.4 Å². The maximum atomic E-state index is 11.0. The number of nitrogens with one attached hydrogen (secondary N) is 1. The number of ether oxygens (including phenoxy) is 1. The van der Waals surface area contributed by atoms with Gasteiger partial charge >= 0.3 is 5.97 Å². The average molecular weight is 438 g/mol. The molecule has 26 heavy (non-hydrogen) atoms. The van der Waals surface area contributed by atoms with Crippen molar-refractivity contribution in [1.29, 1.82) is 0 Å². The molecule has 0 heterocycles. The summed E-state index contributed by atoms with van der Waals surface area (Å²) in [6.45, 7) is 5.29. The molecule has 0 saturated heterocycles. The lowest BCUT2D eigenvalue weighted by Crippen LogP contribution is -2.28. The topological polar surface area (TPSA) is 90.4 Å². The molecule has 0 fully saturated rings. The van der Waals surface area contributed by atoms with Gasteiger partial charge in [-0.05, 0) is 35.4 Å². The van der Waals surface area contributed by atoms with E-state index in [1.54, 1.807) is 0 Å². The second kappa shape index (κ2) is 11.6. The van der Waals surface area contributed by atoms with Gasteiger partial charge in [-0.25, -0.2) is 5.84 Å². The van der Waals surface area contributed by atoms with E-state index >= 15 is 0 Å². The number of carbonyl (C=O) groups is 1. The van der Waals surface area contributed by atoms with Crippen LogP contribution in [0.4, 0.5) is 0 Å². The number of benzene rings is 2. The Morgan fingerprint density at radius 1 is 1.08 bits per heavy atom. The predicted molar refractivity (Wildman–Crippen MR) is 112 cm³/mol. The molecule has 0 aliphatic heterocycles. The van der Waals surface area contributed by atoms with Crippen LogP contribution in [0.15, 0.2) is 69.5 Å². The van der Waals surface area contributed by atoms with Gasteiger partial charge in [0.15, 0.2) is 0 Å². The number of hydrazine groups is 1. The minimum absolute atomic E-state index is 0.0847. The smallest absolute Gasteiger partial charge is 0.309 e. The predicted octanol–water partition coefficient (Wildman–Crippen LogP) is 4.39. The highest BCUT2D eigenvalue weighted by Crippen LogP contribution is 2.26. The van der Waals surface area contributed by atoms with E-state index in [1.165, 1.54) is 18.7 Å². The van der Waals surface area contributed by atoms with Crippen molar-refractivity contribution in [2.75, 3.05) is 5.75 Å². The van der Waals surface area contributed by atoms with Crippen LogP contribution in [-0.4, -0.2) is 11.7 Å². The van der Waals surface area contributed by atoms with Crippen LogP contribution in [0.3, 0.4) is 0 Å². The molecular weight excluding hydrogens is 414 g/mol. The van der Waals surface area contributed by atoms with E-state index in [-0.39, 0.29) is 5.88 Å². The summed E-state index contributed by atoms with van der Waals surface area (Å²) in [4.78, 5) is 12.0. The Balaban J connectivity index is 0.00000163. The molecule has 5 N–H and O–H groups in total. The Kier molecular flexibility index (Phi) is 9.87. The van der Waals surface area contributed by atoms with Crippen molar-refractivity contribution in [1.82, 2.24) is 5.43 Å². The number of rotatable bonds is 6. The van der Waals surface area contributed by atoms with Crippen molar-refractivity contribution < 1.29 is 9.53 Å². The minimum Gasteiger partial charge on any atom is -0.407 e. The second-order valence-corrected chi connectivity index (χ2v) is 6.88. The number of hydrogen-bond donors (Lipinski definition) is 3. The van der Waals surface area contributed by atoms with Crippen molar-refractivity contribution in [3.8, 4) is 11.1 Å². The molecule has 0 saturated carbocycles. The first-order chi connectivity index (χ1) is 12.5. The number of hydrogen-bond acceptors (Lipinski definition) is 6. The standard InChI is InChI=1S/C17H18BrN3O2S.C2H6/c1-11(22)23-17(21-20)16(19)10-24-15-8-4-13(5-9-15)12-2-6-14(18)7-3-12;1-2/h2-9,21H,10,19-20H2,1H3;1-2H3/b17-16+;. The highest BCUT2D eigenvalue weighted by Gasteiger charge is 2.07. The fourth-order valence-electron chi connectivity index (χ4n) is 1.94. The summed E-state index contributed by atoms with van der Waals surface area (Å²) < 4.78 is 5.95. The van der Waals surface area contributed by atoms with Crippen LogP contribution < -0.4 is 17.0 Å². The van der Waals surface area contributed by atoms with Gasteiger partial charge in [-0.1, -0.05) is 54.0 Å². The van der Waals surface area contributed by atoms with Gasteiger partial charge in [-0.15, -0.1) is 11.8 Å². The quantitative estimate of drug-likeness (QED) is 0.204. The molecule has 0 unspecified atom stereocenters. The monoisotopic (exact) mass is 437 g/mol. The highest BCUT2D eigenvalue weighted by atomic mass is 79.9. The first kappa shape index (κ1) is 22.1. The number of thioether (sulfide) groups is 1. The van der Waals surface area contributed by atoms with Crippen LogP contribution in [0.2, 0.25) is 0 Å². The molecule has 0 atom stereocenters. The Hall–Kier alpha value is -1.96. The summed E-state index contributed by atoms with van der Waals surface area (Å²) >= 11 is 4.96. The van der Waals surface area contributed by atoms with E-state index in [0.717, 1.165) is 20.5 Å². The lowest BCUT2D eigenvalue weighted by Gasteiger charge is -2.10. The summed E-state index contributed by atoms with van der Waals surface area (Å²) in [6, 6.07) is 16.3. The normalized spacial score (nSPS) is 11.0. The third kappa shape index (κ3) is 7.11. The van der Waals surface area contributed by atoms with Gasteiger partial charge in [0.05, 0.1) is 5.70 Å². The van der Waals surface area contributed by atoms with Crippen LogP contribution in [-0.2, 0) is 9.53 Å². The molecule has 2 aromatic rings. The van der Waals surface area contributed by atoms with Gasteiger partial charge in [-0.2, -0.15) is 0 Å². The zero-order valence-corrected chi connectivity index (χ0v) is 17.5. The molecule has 7 heteroatoms. The van der Waals surface area contributed by atoms with Crippen molar-refractivity contribution in [3.05, 3.63) is 64.6 Å². The SMILES string of the molecule is CC.CC(=O)O/C(NN)=C(/N)CSc1ccc(-c2ccc(Br)cc2)cc1.